The van der Waals surface area contributed by atoms with Crippen molar-refractivity contribution in [2.45, 2.75) is 6.10 Å². The summed E-state index contributed by atoms with van der Waals surface area (Å²) in [5.41, 5.74) is 1.85. The van der Waals surface area contributed by atoms with Gasteiger partial charge in [0.05, 0.1) is 0 Å². The quantitative estimate of drug-likeness (QED) is 0.762. The van der Waals surface area contributed by atoms with Gasteiger partial charge in [-0.05, 0) is 23.3 Å². The average molecular weight is 216 g/mol. The molecule has 0 saturated heterocycles. The molecule has 1 unspecified atom stereocenters. The van der Waals surface area contributed by atoms with Crippen LogP contribution in [0.5, 0.6) is 0 Å². The Bertz CT molecular complexity index is 453. The molecule has 0 N–H and O–H groups in total. The van der Waals surface area contributed by atoms with E-state index in [1.807, 2.05) is 36.4 Å². The maximum atomic E-state index is 13.1. The highest BCUT2D eigenvalue weighted by Gasteiger charge is 2.12. The molecule has 2 rings (SSSR count). The van der Waals surface area contributed by atoms with Gasteiger partial charge in [-0.25, -0.2) is 4.39 Å². The van der Waals surface area contributed by atoms with Gasteiger partial charge < -0.3 is 4.74 Å². The van der Waals surface area contributed by atoms with Gasteiger partial charge in [-0.3, -0.25) is 0 Å². The first kappa shape index (κ1) is 10.8. The summed E-state index contributed by atoms with van der Waals surface area (Å²) in [5.74, 6) is -0.240. The molecular formula is C14H13FO. The molecule has 0 fully saturated rings. The van der Waals surface area contributed by atoms with E-state index in [2.05, 4.69) is 0 Å². The predicted octanol–water partition coefficient (Wildman–Crippen LogP) is 3.56. The van der Waals surface area contributed by atoms with E-state index in [9.17, 15) is 4.39 Å². The number of ether oxygens (including phenoxy) is 1. The van der Waals surface area contributed by atoms with Crippen LogP contribution in [-0.4, -0.2) is 7.11 Å². The largest absolute Gasteiger partial charge is 0.372 e. The van der Waals surface area contributed by atoms with Gasteiger partial charge in [0.2, 0.25) is 0 Å². The Morgan fingerprint density at radius 2 is 1.62 bits per heavy atom. The Balaban J connectivity index is 2.37. The Labute approximate surface area is 94.5 Å². The van der Waals surface area contributed by atoms with Gasteiger partial charge in [-0.15, -0.1) is 0 Å². The first-order valence-electron chi connectivity index (χ1n) is 5.14. The summed E-state index contributed by atoms with van der Waals surface area (Å²) < 4.78 is 18.5. The normalized spacial score (nSPS) is 12.4. The lowest BCUT2D eigenvalue weighted by molar-refractivity contribution is 0.136. The molecule has 0 spiro atoms. The number of rotatable bonds is 3. The molecule has 0 aliphatic rings. The lowest BCUT2D eigenvalue weighted by atomic mass is 10.0. The number of hydrogen-bond donors (Lipinski definition) is 0. The molecule has 0 aliphatic carbocycles. The minimum absolute atomic E-state index is 0.211. The van der Waals surface area contributed by atoms with E-state index in [0.29, 0.717) is 0 Å². The first-order chi connectivity index (χ1) is 7.81. The van der Waals surface area contributed by atoms with E-state index in [4.69, 9.17) is 4.74 Å². The van der Waals surface area contributed by atoms with Crippen LogP contribution >= 0.6 is 0 Å². The Kier molecular flexibility index (Phi) is 3.32. The third kappa shape index (κ3) is 2.28. The van der Waals surface area contributed by atoms with Gasteiger partial charge in [0.15, 0.2) is 0 Å². The summed E-state index contributed by atoms with van der Waals surface area (Å²) >= 11 is 0. The van der Waals surface area contributed by atoms with Crippen LogP contribution in [0.25, 0.3) is 0 Å². The second kappa shape index (κ2) is 4.90. The fraction of sp³-hybridized carbons (Fsp3) is 0.143. The van der Waals surface area contributed by atoms with Crippen LogP contribution in [0.1, 0.15) is 17.2 Å². The zero-order valence-corrected chi connectivity index (χ0v) is 9.06. The minimum Gasteiger partial charge on any atom is -0.372 e. The molecule has 2 heteroatoms. The van der Waals surface area contributed by atoms with Gasteiger partial charge >= 0.3 is 0 Å². The van der Waals surface area contributed by atoms with E-state index in [-0.39, 0.29) is 11.9 Å². The lowest BCUT2D eigenvalue weighted by Gasteiger charge is -2.16. The average Bonchev–Trinajstić information content (AvgIpc) is 2.31. The van der Waals surface area contributed by atoms with Crippen molar-refractivity contribution in [2.24, 2.45) is 0 Å². The molecule has 0 radical (unpaired) electrons. The molecule has 0 bridgehead atoms. The van der Waals surface area contributed by atoms with Crippen molar-refractivity contribution in [1.29, 1.82) is 0 Å². The van der Waals surface area contributed by atoms with Gasteiger partial charge in [-0.1, -0.05) is 42.5 Å². The highest BCUT2D eigenvalue weighted by atomic mass is 19.1. The van der Waals surface area contributed by atoms with Crippen LogP contribution < -0.4 is 0 Å². The number of halogens is 1. The van der Waals surface area contributed by atoms with Gasteiger partial charge in [-0.2, -0.15) is 0 Å². The molecule has 1 atom stereocenters. The van der Waals surface area contributed by atoms with E-state index >= 15 is 0 Å². The fourth-order valence-corrected chi connectivity index (χ4v) is 1.76. The monoisotopic (exact) mass is 216 g/mol. The highest BCUT2D eigenvalue weighted by molar-refractivity contribution is 5.30. The third-order valence-electron chi connectivity index (χ3n) is 2.49. The van der Waals surface area contributed by atoms with Crippen molar-refractivity contribution in [3.63, 3.8) is 0 Å². The van der Waals surface area contributed by atoms with Crippen molar-refractivity contribution in [2.75, 3.05) is 7.11 Å². The zero-order valence-electron chi connectivity index (χ0n) is 9.06. The summed E-state index contributed by atoms with van der Waals surface area (Å²) in [6.45, 7) is 0. The summed E-state index contributed by atoms with van der Waals surface area (Å²) in [4.78, 5) is 0. The minimum atomic E-state index is -0.240. The number of hydrogen-bond acceptors (Lipinski definition) is 1. The summed E-state index contributed by atoms with van der Waals surface area (Å²) in [6, 6.07) is 16.3. The summed E-state index contributed by atoms with van der Waals surface area (Å²) in [6.07, 6.45) is -0.211. The number of benzene rings is 2. The highest BCUT2D eigenvalue weighted by Crippen LogP contribution is 2.25. The lowest BCUT2D eigenvalue weighted by Crippen LogP contribution is -2.03. The Morgan fingerprint density at radius 1 is 0.938 bits per heavy atom. The maximum absolute atomic E-state index is 13.1. The summed E-state index contributed by atoms with van der Waals surface area (Å²) in [5, 5.41) is 0. The third-order valence-corrected chi connectivity index (χ3v) is 2.49. The van der Waals surface area contributed by atoms with Gasteiger partial charge in [0.1, 0.15) is 11.9 Å². The molecule has 82 valence electrons. The molecule has 0 heterocycles. The molecule has 0 saturated carbocycles. The van der Waals surface area contributed by atoms with Gasteiger partial charge in [0.25, 0.3) is 0 Å². The van der Waals surface area contributed by atoms with Crippen LogP contribution in [0, 0.1) is 5.82 Å². The predicted molar refractivity (Wildman–Crippen MR) is 61.7 cm³/mol. The smallest absolute Gasteiger partial charge is 0.123 e. The van der Waals surface area contributed by atoms with E-state index in [0.717, 1.165) is 11.1 Å². The van der Waals surface area contributed by atoms with Crippen molar-refractivity contribution in [1.82, 2.24) is 0 Å². The van der Waals surface area contributed by atoms with Crippen LogP contribution in [0.4, 0.5) is 4.39 Å². The second-order valence-corrected chi connectivity index (χ2v) is 3.58. The molecule has 0 amide bonds. The first-order valence-corrected chi connectivity index (χ1v) is 5.14. The van der Waals surface area contributed by atoms with E-state index < -0.39 is 0 Å². The van der Waals surface area contributed by atoms with Crippen molar-refractivity contribution >= 4 is 0 Å². The molecule has 0 aromatic heterocycles. The fourth-order valence-electron chi connectivity index (χ4n) is 1.76. The number of methoxy groups -OCH3 is 1. The van der Waals surface area contributed by atoms with Crippen molar-refractivity contribution in [3.05, 3.63) is 71.5 Å². The van der Waals surface area contributed by atoms with Crippen molar-refractivity contribution < 1.29 is 9.13 Å². The molecule has 0 aliphatic heterocycles. The van der Waals surface area contributed by atoms with Crippen LogP contribution in [0.2, 0.25) is 0 Å². The summed E-state index contributed by atoms with van der Waals surface area (Å²) in [7, 11) is 1.63. The van der Waals surface area contributed by atoms with E-state index in [1.54, 1.807) is 13.2 Å². The standard InChI is InChI=1S/C14H13FO/c1-16-14(11-6-3-2-4-7-11)12-8-5-9-13(15)10-12/h2-10,14H,1H3. The maximum Gasteiger partial charge on any atom is 0.123 e. The molecular weight excluding hydrogens is 203 g/mol. The zero-order chi connectivity index (χ0) is 11.4. The molecule has 2 aromatic carbocycles. The molecule has 1 nitrogen and oxygen atoms in total. The van der Waals surface area contributed by atoms with Crippen LogP contribution in [0.15, 0.2) is 54.6 Å². The Morgan fingerprint density at radius 3 is 2.25 bits per heavy atom. The van der Waals surface area contributed by atoms with E-state index in [1.165, 1.54) is 12.1 Å². The van der Waals surface area contributed by atoms with Gasteiger partial charge in [0, 0.05) is 7.11 Å². The topological polar surface area (TPSA) is 9.23 Å². The second-order valence-electron chi connectivity index (χ2n) is 3.58. The van der Waals surface area contributed by atoms with Crippen LogP contribution in [-0.2, 0) is 4.74 Å². The van der Waals surface area contributed by atoms with Crippen molar-refractivity contribution in [3.8, 4) is 0 Å². The van der Waals surface area contributed by atoms with Crippen LogP contribution in [0.3, 0.4) is 0 Å². The Hall–Kier alpha value is -1.67. The molecule has 16 heavy (non-hydrogen) atoms. The SMILES string of the molecule is COC(c1ccccc1)c1cccc(F)c1. The molecule has 2 aromatic rings.